The number of urea groups is 1. The lowest BCUT2D eigenvalue weighted by Crippen LogP contribution is -2.53. The van der Waals surface area contributed by atoms with E-state index in [1.807, 2.05) is 21.0 Å². The Morgan fingerprint density at radius 2 is 2.13 bits per heavy atom. The highest BCUT2D eigenvalue weighted by Crippen LogP contribution is 2.09. The monoisotopic (exact) mass is 213 g/mol. The Bertz CT molecular complexity index is 253. The predicted molar refractivity (Wildman–Crippen MR) is 57.5 cm³/mol. The molecule has 1 fully saturated rings. The van der Waals surface area contributed by atoms with Gasteiger partial charge in [-0.25, -0.2) is 4.79 Å². The molecule has 1 rings (SSSR count). The van der Waals surface area contributed by atoms with E-state index in [9.17, 15) is 9.59 Å². The summed E-state index contributed by atoms with van der Waals surface area (Å²) in [5, 5.41) is 2.33. The van der Waals surface area contributed by atoms with Gasteiger partial charge in [0.15, 0.2) is 0 Å². The largest absolute Gasteiger partial charge is 0.324 e. The van der Waals surface area contributed by atoms with Crippen LogP contribution in [0.15, 0.2) is 0 Å². The Balaban J connectivity index is 2.41. The molecular weight excluding hydrogens is 194 g/mol. The molecule has 0 saturated carbocycles. The van der Waals surface area contributed by atoms with Crippen LogP contribution in [0.5, 0.6) is 0 Å². The number of nitrogens with zero attached hydrogens (tertiary/aromatic N) is 2. The van der Waals surface area contributed by atoms with Gasteiger partial charge in [-0.05, 0) is 34.0 Å². The summed E-state index contributed by atoms with van der Waals surface area (Å²) in [6.07, 6.45) is 1.34. The van der Waals surface area contributed by atoms with Gasteiger partial charge in [-0.3, -0.25) is 10.1 Å². The van der Waals surface area contributed by atoms with Crippen molar-refractivity contribution in [3.05, 3.63) is 0 Å². The molecule has 0 spiro atoms. The molecule has 1 atom stereocenters. The first kappa shape index (κ1) is 12.0. The molecule has 1 unspecified atom stereocenters. The van der Waals surface area contributed by atoms with E-state index < -0.39 is 0 Å². The number of rotatable bonds is 4. The van der Waals surface area contributed by atoms with Crippen molar-refractivity contribution >= 4 is 11.9 Å². The van der Waals surface area contributed by atoms with Gasteiger partial charge in [-0.15, -0.1) is 0 Å². The SMILES string of the molecule is CC(CCN(C)C)N1CCC(=O)NC1=O. The zero-order valence-electron chi connectivity index (χ0n) is 9.62. The highest BCUT2D eigenvalue weighted by Gasteiger charge is 2.26. The van der Waals surface area contributed by atoms with Crippen LogP contribution >= 0.6 is 0 Å². The maximum absolute atomic E-state index is 11.5. The average Bonchev–Trinajstić information content (AvgIpc) is 2.14. The van der Waals surface area contributed by atoms with Gasteiger partial charge in [-0.2, -0.15) is 0 Å². The predicted octanol–water partition coefficient (Wildman–Crippen LogP) is 0.269. The summed E-state index contributed by atoms with van der Waals surface area (Å²) in [4.78, 5) is 26.2. The second-order valence-electron chi connectivity index (χ2n) is 4.24. The van der Waals surface area contributed by atoms with Crippen molar-refractivity contribution in [1.29, 1.82) is 0 Å². The molecule has 5 nitrogen and oxygen atoms in total. The summed E-state index contributed by atoms with van der Waals surface area (Å²) in [6, 6.07) is -0.0713. The molecule has 0 aromatic heterocycles. The van der Waals surface area contributed by atoms with Gasteiger partial charge in [0, 0.05) is 19.0 Å². The van der Waals surface area contributed by atoms with Crippen molar-refractivity contribution in [1.82, 2.24) is 15.1 Å². The zero-order valence-corrected chi connectivity index (χ0v) is 9.62. The normalized spacial score (nSPS) is 19.3. The third kappa shape index (κ3) is 3.51. The van der Waals surface area contributed by atoms with E-state index in [0.717, 1.165) is 13.0 Å². The van der Waals surface area contributed by atoms with Crippen LogP contribution in [0, 0.1) is 0 Å². The van der Waals surface area contributed by atoms with Gasteiger partial charge in [0.2, 0.25) is 5.91 Å². The van der Waals surface area contributed by atoms with E-state index in [4.69, 9.17) is 0 Å². The standard InChI is InChI=1S/C10H19N3O2/c1-8(4-6-12(2)3)13-7-5-9(14)11-10(13)15/h8H,4-7H2,1-3H3,(H,11,14,15). The molecule has 86 valence electrons. The van der Waals surface area contributed by atoms with Crippen LogP contribution in [-0.2, 0) is 4.79 Å². The average molecular weight is 213 g/mol. The number of imide groups is 1. The number of hydrogen-bond acceptors (Lipinski definition) is 3. The topological polar surface area (TPSA) is 52.6 Å². The number of carbonyl (C=O) groups excluding carboxylic acids is 2. The van der Waals surface area contributed by atoms with Crippen molar-refractivity contribution in [3.63, 3.8) is 0 Å². The van der Waals surface area contributed by atoms with Crippen LogP contribution in [-0.4, -0.2) is 55.0 Å². The second kappa shape index (κ2) is 5.11. The maximum Gasteiger partial charge on any atom is 0.324 e. The molecule has 1 aliphatic rings. The Hall–Kier alpha value is -1.10. The molecule has 1 heterocycles. The van der Waals surface area contributed by atoms with E-state index in [1.165, 1.54) is 0 Å². The van der Waals surface area contributed by atoms with Crippen molar-refractivity contribution in [2.24, 2.45) is 0 Å². The molecule has 0 aromatic carbocycles. The van der Waals surface area contributed by atoms with Gasteiger partial charge < -0.3 is 9.80 Å². The number of carbonyl (C=O) groups is 2. The van der Waals surface area contributed by atoms with E-state index in [1.54, 1.807) is 4.90 Å². The van der Waals surface area contributed by atoms with Crippen molar-refractivity contribution in [3.8, 4) is 0 Å². The number of amides is 3. The highest BCUT2D eigenvalue weighted by atomic mass is 16.2. The lowest BCUT2D eigenvalue weighted by molar-refractivity contribution is -0.121. The minimum atomic E-state index is -0.252. The summed E-state index contributed by atoms with van der Waals surface area (Å²) in [5.41, 5.74) is 0. The van der Waals surface area contributed by atoms with Crippen molar-refractivity contribution in [2.45, 2.75) is 25.8 Å². The minimum Gasteiger partial charge on any atom is -0.321 e. The molecule has 5 heteroatoms. The fourth-order valence-electron chi connectivity index (χ4n) is 1.60. The van der Waals surface area contributed by atoms with E-state index in [0.29, 0.717) is 13.0 Å². The fourth-order valence-corrected chi connectivity index (χ4v) is 1.60. The first-order valence-corrected chi connectivity index (χ1v) is 5.26. The lowest BCUT2D eigenvalue weighted by atomic mass is 10.1. The molecule has 1 N–H and O–H groups in total. The third-order valence-electron chi connectivity index (χ3n) is 2.61. The molecule has 0 aromatic rings. The van der Waals surface area contributed by atoms with Gasteiger partial charge in [0.05, 0.1) is 0 Å². The van der Waals surface area contributed by atoms with Crippen LogP contribution in [0.3, 0.4) is 0 Å². The zero-order chi connectivity index (χ0) is 11.4. The van der Waals surface area contributed by atoms with E-state index in [-0.39, 0.29) is 18.0 Å². The van der Waals surface area contributed by atoms with Crippen LogP contribution in [0.25, 0.3) is 0 Å². The molecule has 0 radical (unpaired) electrons. The van der Waals surface area contributed by atoms with Crippen LogP contribution in [0.2, 0.25) is 0 Å². The van der Waals surface area contributed by atoms with Gasteiger partial charge in [0.1, 0.15) is 0 Å². The second-order valence-corrected chi connectivity index (χ2v) is 4.24. The van der Waals surface area contributed by atoms with E-state index in [2.05, 4.69) is 10.2 Å². The van der Waals surface area contributed by atoms with Crippen LogP contribution in [0.4, 0.5) is 4.79 Å². The molecule has 3 amide bonds. The van der Waals surface area contributed by atoms with Crippen molar-refractivity contribution < 1.29 is 9.59 Å². The Morgan fingerprint density at radius 1 is 1.47 bits per heavy atom. The third-order valence-corrected chi connectivity index (χ3v) is 2.61. The molecule has 0 bridgehead atoms. The molecule has 1 saturated heterocycles. The summed E-state index contributed by atoms with van der Waals surface area (Å²) >= 11 is 0. The number of nitrogens with one attached hydrogen (secondary N) is 1. The van der Waals surface area contributed by atoms with Gasteiger partial charge in [0.25, 0.3) is 0 Å². The van der Waals surface area contributed by atoms with Gasteiger partial charge in [-0.1, -0.05) is 0 Å². The summed E-state index contributed by atoms with van der Waals surface area (Å²) in [6.45, 7) is 3.50. The molecule has 0 aliphatic carbocycles. The number of hydrogen-bond donors (Lipinski definition) is 1. The maximum atomic E-state index is 11.5. The van der Waals surface area contributed by atoms with Crippen LogP contribution < -0.4 is 5.32 Å². The molecule has 1 aliphatic heterocycles. The van der Waals surface area contributed by atoms with Crippen LogP contribution in [0.1, 0.15) is 19.8 Å². The minimum absolute atomic E-state index is 0.170. The molecular formula is C10H19N3O2. The lowest BCUT2D eigenvalue weighted by Gasteiger charge is -2.32. The Labute approximate surface area is 90.4 Å². The van der Waals surface area contributed by atoms with Gasteiger partial charge >= 0.3 is 6.03 Å². The smallest absolute Gasteiger partial charge is 0.321 e. The Morgan fingerprint density at radius 3 is 2.67 bits per heavy atom. The Kier molecular flexibility index (Phi) is 4.08. The first-order chi connectivity index (χ1) is 7.00. The highest BCUT2D eigenvalue weighted by molar-refractivity contribution is 5.96. The first-order valence-electron chi connectivity index (χ1n) is 5.26. The summed E-state index contributed by atoms with van der Waals surface area (Å²) in [5.74, 6) is -0.170. The molecule has 15 heavy (non-hydrogen) atoms. The fraction of sp³-hybridized carbons (Fsp3) is 0.800. The summed E-state index contributed by atoms with van der Waals surface area (Å²) in [7, 11) is 4.01. The van der Waals surface area contributed by atoms with Crippen molar-refractivity contribution in [2.75, 3.05) is 27.2 Å². The quantitative estimate of drug-likeness (QED) is 0.729. The summed E-state index contributed by atoms with van der Waals surface area (Å²) < 4.78 is 0. The van der Waals surface area contributed by atoms with E-state index >= 15 is 0 Å².